The number of hydrogen-bond acceptors (Lipinski definition) is 7. The van der Waals surface area contributed by atoms with Gasteiger partial charge in [-0.25, -0.2) is 22.7 Å². The Morgan fingerprint density at radius 3 is 2.71 bits per heavy atom. The summed E-state index contributed by atoms with van der Waals surface area (Å²) < 4.78 is 31.9. The zero-order valence-corrected chi connectivity index (χ0v) is 20.6. The Kier molecular flexibility index (Phi) is 6.99. The number of fused-ring (bicyclic) bond motifs is 1. The van der Waals surface area contributed by atoms with Crippen LogP contribution in [0.25, 0.3) is 22.4 Å². The van der Waals surface area contributed by atoms with Gasteiger partial charge in [-0.1, -0.05) is 6.92 Å². The molecule has 3 aromatic heterocycles. The molecule has 1 amide bonds. The number of ether oxygens (including phenoxy) is 1. The van der Waals surface area contributed by atoms with E-state index in [-0.39, 0.29) is 24.3 Å². The molecule has 4 rings (SSSR count). The fourth-order valence-electron chi connectivity index (χ4n) is 3.99. The maximum atomic E-state index is 12.8. The minimum absolute atomic E-state index is 0.0322. The highest BCUT2D eigenvalue weighted by atomic mass is 32.2. The predicted molar refractivity (Wildman–Crippen MR) is 131 cm³/mol. The number of anilines is 1. The maximum absolute atomic E-state index is 12.8. The van der Waals surface area contributed by atoms with Crippen LogP contribution in [0.5, 0.6) is 0 Å². The Balaban J connectivity index is 1.82. The molecule has 1 fully saturated rings. The number of pyridine rings is 2. The lowest BCUT2D eigenvalue weighted by atomic mass is 10.1. The van der Waals surface area contributed by atoms with Crippen LogP contribution in [0.1, 0.15) is 24.6 Å². The van der Waals surface area contributed by atoms with E-state index < -0.39 is 10.0 Å². The SMILES string of the molecule is CC[C@H]1COCC(=O)N1c1cc(CS(=O)(=O)N(C)C)cc(-c2ccc3[nH]c(CNC)cc3n2)n1. The van der Waals surface area contributed by atoms with Crippen LogP contribution in [0.3, 0.4) is 0 Å². The molecular weight excluding hydrogens is 456 g/mol. The van der Waals surface area contributed by atoms with E-state index in [1.807, 2.05) is 32.2 Å². The van der Waals surface area contributed by atoms with Crippen LogP contribution >= 0.6 is 0 Å². The molecule has 11 heteroatoms. The highest BCUT2D eigenvalue weighted by molar-refractivity contribution is 7.88. The zero-order chi connectivity index (χ0) is 24.5. The Labute approximate surface area is 199 Å². The number of morpholine rings is 1. The first-order valence-electron chi connectivity index (χ1n) is 11.2. The summed E-state index contributed by atoms with van der Waals surface area (Å²) in [6.07, 6.45) is 0.685. The van der Waals surface area contributed by atoms with Gasteiger partial charge in [0.1, 0.15) is 12.4 Å². The Morgan fingerprint density at radius 2 is 2.00 bits per heavy atom. The van der Waals surface area contributed by atoms with E-state index in [1.54, 1.807) is 17.0 Å². The second-order valence-electron chi connectivity index (χ2n) is 8.55. The molecule has 0 aliphatic carbocycles. The second kappa shape index (κ2) is 9.79. The summed E-state index contributed by atoms with van der Waals surface area (Å²) in [4.78, 5) is 27.2. The summed E-state index contributed by atoms with van der Waals surface area (Å²) in [5, 5.41) is 3.11. The highest BCUT2D eigenvalue weighted by Crippen LogP contribution is 2.28. The van der Waals surface area contributed by atoms with Crippen LogP contribution in [0.4, 0.5) is 5.82 Å². The van der Waals surface area contributed by atoms with Gasteiger partial charge in [0.15, 0.2) is 0 Å². The van der Waals surface area contributed by atoms with Gasteiger partial charge in [0, 0.05) is 26.3 Å². The average Bonchev–Trinajstić information content (AvgIpc) is 3.20. The van der Waals surface area contributed by atoms with Crippen LogP contribution in [0.2, 0.25) is 0 Å². The molecule has 182 valence electrons. The summed E-state index contributed by atoms with van der Waals surface area (Å²) >= 11 is 0. The molecule has 0 spiro atoms. The molecule has 0 saturated carbocycles. The molecule has 1 aliphatic rings. The van der Waals surface area contributed by atoms with Crippen molar-refractivity contribution in [3.8, 4) is 11.4 Å². The Bertz CT molecular complexity index is 1300. The van der Waals surface area contributed by atoms with Crippen molar-refractivity contribution in [1.29, 1.82) is 0 Å². The first kappa shape index (κ1) is 24.3. The van der Waals surface area contributed by atoms with Gasteiger partial charge < -0.3 is 15.0 Å². The first-order chi connectivity index (χ1) is 16.2. The number of hydrogen-bond donors (Lipinski definition) is 2. The number of carbonyl (C=O) groups excluding carboxylic acids is 1. The van der Waals surface area contributed by atoms with E-state index in [0.717, 1.165) is 16.7 Å². The smallest absolute Gasteiger partial charge is 0.254 e. The second-order valence-corrected chi connectivity index (χ2v) is 10.7. The number of amides is 1. The van der Waals surface area contributed by atoms with Crippen LogP contribution in [0.15, 0.2) is 30.3 Å². The van der Waals surface area contributed by atoms with Gasteiger partial charge in [-0.3, -0.25) is 9.69 Å². The monoisotopic (exact) mass is 486 g/mol. The van der Waals surface area contributed by atoms with Gasteiger partial charge in [-0.05, 0) is 49.4 Å². The number of nitrogens with one attached hydrogen (secondary N) is 2. The lowest BCUT2D eigenvalue weighted by Crippen LogP contribution is -2.49. The third-order valence-electron chi connectivity index (χ3n) is 5.83. The van der Waals surface area contributed by atoms with E-state index >= 15 is 0 Å². The number of nitrogens with zero attached hydrogens (tertiary/aromatic N) is 4. The predicted octanol–water partition coefficient (Wildman–Crippen LogP) is 1.88. The molecule has 2 N–H and O–H groups in total. The molecule has 4 heterocycles. The lowest BCUT2D eigenvalue weighted by molar-refractivity contribution is -0.127. The van der Waals surface area contributed by atoms with Crippen molar-refractivity contribution >= 4 is 32.8 Å². The van der Waals surface area contributed by atoms with E-state index in [4.69, 9.17) is 14.7 Å². The van der Waals surface area contributed by atoms with Crippen molar-refractivity contribution in [2.24, 2.45) is 0 Å². The molecule has 0 radical (unpaired) electrons. The van der Waals surface area contributed by atoms with Gasteiger partial charge in [0.2, 0.25) is 10.0 Å². The van der Waals surface area contributed by atoms with Crippen LogP contribution < -0.4 is 10.2 Å². The molecule has 0 unspecified atom stereocenters. The van der Waals surface area contributed by atoms with Gasteiger partial charge >= 0.3 is 0 Å². The van der Waals surface area contributed by atoms with Gasteiger partial charge in [-0.15, -0.1) is 0 Å². The van der Waals surface area contributed by atoms with Crippen molar-refractivity contribution < 1.29 is 17.9 Å². The summed E-state index contributed by atoms with van der Waals surface area (Å²) in [5.41, 5.74) is 4.33. The fourth-order valence-corrected chi connectivity index (χ4v) is 4.83. The third kappa shape index (κ3) is 4.97. The molecular formula is C23H30N6O4S. The number of sulfonamides is 1. The zero-order valence-electron chi connectivity index (χ0n) is 19.8. The summed E-state index contributed by atoms with van der Waals surface area (Å²) in [5.74, 6) is -0.000299. The average molecular weight is 487 g/mol. The molecule has 1 saturated heterocycles. The normalized spacial score (nSPS) is 17.1. The number of carbonyl (C=O) groups is 1. The van der Waals surface area contributed by atoms with Crippen LogP contribution in [0, 0.1) is 0 Å². The highest BCUT2D eigenvalue weighted by Gasteiger charge is 2.31. The van der Waals surface area contributed by atoms with E-state index in [2.05, 4.69) is 10.3 Å². The minimum atomic E-state index is -3.52. The van der Waals surface area contributed by atoms with Gasteiger partial charge in [0.05, 0.1) is 40.8 Å². The molecule has 10 nitrogen and oxygen atoms in total. The molecule has 0 aromatic carbocycles. The summed E-state index contributed by atoms with van der Waals surface area (Å²) in [7, 11) is 1.35. The van der Waals surface area contributed by atoms with Crippen LogP contribution in [-0.2, 0) is 31.9 Å². The maximum Gasteiger partial charge on any atom is 0.254 e. The lowest BCUT2D eigenvalue weighted by Gasteiger charge is -2.34. The molecule has 34 heavy (non-hydrogen) atoms. The van der Waals surface area contributed by atoms with E-state index in [0.29, 0.717) is 42.3 Å². The van der Waals surface area contributed by atoms with Crippen molar-refractivity contribution in [2.45, 2.75) is 31.7 Å². The first-order valence-corrected chi connectivity index (χ1v) is 12.8. The van der Waals surface area contributed by atoms with Crippen molar-refractivity contribution in [1.82, 2.24) is 24.6 Å². The Morgan fingerprint density at radius 1 is 1.21 bits per heavy atom. The number of rotatable bonds is 8. The quantitative estimate of drug-likeness (QED) is 0.499. The topological polar surface area (TPSA) is 121 Å². The largest absolute Gasteiger partial charge is 0.369 e. The summed E-state index contributed by atoms with van der Waals surface area (Å²) in [6, 6.07) is 8.97. The minimum Gasteiger partial charge on any atom is -0.369 e. The van der Waals surface area contributed by atoms with Crippen molar-refractivity contribution in [3.63, 3.8) is 0 Å². The number of H-pyrrole nitrogens is 1. The van der Waals surface area contributed by atoms with Crippen molar-refractivity contribution in [2.75, 3.05) is 39.3 Å². The number of aromatic amines is 1. The standard InChI is InChI=1S/C23H30N6O4S/c1-5-17-12-33-13-23(30)29(17)22-9-15(14-34(31,32)28(3)4)8-20(27-22)19-7-6-18-21(26-19)10-16(25-18)11-24-2/h6-10,17,24-25H,5,11-14H2,1-4H3/t17-/m0/s1. The molecule has 3 aromatic rings. The van der Waals surface area contributed by atoms with Gasteiger partial charge in [0.25, 0.3) is 5.91 Å². The molecule has 1 aliphatic heterocycles. The fraction of sp³-hybridized carbons (Fsp3) is 0.435. The van der Waals surface area contributed by atoms with Crippen LogP contribution in [-0.4, -0.2) is 74.0 Å². The van der Waals surface area contributed by atoms with E-state index in [1.165, 1.54) is 18.4 Å². The molecule has 0 bridgehead atoms. The summed E-state index contributed by atoms with van der Waals surface area (Å²) in [6.45, 7) is 3.03. The van der Waals surface area contributed by atoms with E-state index in [9.17, 15) is 13.2 Å². The Hall–Kier alpha value is -2.86. The number of aromatic nitrogens is 3. The third-order valence-corrected chi connectivity index (χ3v) is 7.64. The molecule has 1 atom stereocenters. The van der Waals surface area contributed by atoms with Crippen molar-refractivity contribution in [3.05, 3.63) is 41.6 Å². The van der Waals surface area contributed by atoms with Gasteiger partial charge in [-0.2, -0.15) is 0 Å².